The van der Waals surface area contributed by atoms with Crippen LogP contribution in [0.2, 0.25) is 0 Å². The van der Waals surface area contributed by atoms with Gasteiger partial charge in [0.2, 0.25) is 0 Å². The Morgan fingerprint density at radius 3 is 2.50 bits per heavy atom. The maximum Gasteiger partial charge on any atom is 0.191 e. The lowest BCUT2D eigenvalue weighted by atomic mass is 10.1. The molecule has 1 rings (SSSR count). The fourth-order valence-corrected chi connectivity index (χ4v) is 2.30. The largest absolute Gasteiger partial charge is 0.382 e. The zero-order chi connectivity index (χ0) is 15.5. The molecule has 22 heavy (non-hydrogen) atoms. The molecule has 6 nitrogen and oxygen atoms in total. The molecule has 2 N–H and O–H groups in total. The Labute approximate surface area is 152 Å². The minimum atomic E-state index is 0. The van der Waals surface area contributed by atoms with E-state index in [0.29, 0.717) is 19.3 Å². The van der Waals surface area contributed by atoms with Gasteiger partial charge in [0.25, 0.3) is 0 Å². The second kappa shape index (κ2) is 13.3. The summed E-state index contributed by atoms with van der Waals surface area (Å²) in [5, 5.41) is 6.74. The smallest absolute Gasteiger partial charge is 0.191 e. The molecule has 0 saturated heterocycles. The molecule has 0 heterocycles. The number of nitrogens with one attached hydrogen (secondary N) is 2. The standard InChI is InChI=1S/C15H32N4O2.HI/c1-16-15(17-8-5-9-21-11-10-20-4)18-12-14(19(2)3)13-6-7-13;/h13-14H,5-12H2,1-4H3,(H2,16,17,18);1H. The molecular formula is C15H33IN4O2. The van der Waals surface area contributed by atoms with Gasteiger partial charge in [-0.15, -0.1) is 24.0 Å². The molecule has 1 aliphatic rings. The van der Waals surface area contributed by atoms with Crippen LogP contribution in [0.3, 0.4) is 0 Å². The van der Waals surface area contributed by atoms with Gasteiger partial charge in [-0.2, -0.15) is 0 Å². The normalized spacial score (nSPS) is 16.3. The monoisotopic (exact) mass is 428 g/mol. The van der Waals surface area contributed by atoms with Gasteiger partial charge in [0, 0.05) is 39.9 Å². The summed E-state index contributed by atoms with van der Waals surface area (Å²) in [6.07, 6.45) is 3.68. The molecular weight excluding hydrogens is 395 g/mol. The van der Waals surface area contributed by atoms with Crippen molar-refractivity contribution in [3.63, 3.8) is 0 Å². The zero-order valence-electron chi connectivity index (χ0n) is 14.4. The molecule has 1 atom stereocenters. The number of methoxy groups -OCH3 is 1. The Balaban J connectivity index is 0.00000441. The number of ether oxygens (including phenoxy) is 2. The predicted octanol–water partition coefficient (Wildman–Crippen LogP) is 1.16. The molecule has 0 aromatic rings. The van der Waals surface area contributed by atoms with Gasteiger partial charge >= 0.3 is 0 Å². The molecule has 0 bridgehead atoms. The lowest BCUT2D eigenvalue weighted by molar-refractivity contribution is 0.0698. The van der Waals surface area contributed by atoms with Crippen LogP contribution in [-0.4, -0.2) is 78.1 Å². The average molecular weight is 428 g/mol. The topological polar surface area (TPSA) is 58.1 Å². The third-order valence-corrected chi connectivity index (χ3v) is 3.72. The van der Waals surface area contributed by atoms with Crippen molar-refractivity contribution in [3.8, 4) is 0 Å². The number of aliphatic imine (C=N–C) groups is 1. The Morgan fingerprint density at radius 2 is 1.95 bits per heavy atom. The van der Waals surface area contributed by atoms with E-state index in [9.17, 15) is 0 Å². The first-order valence-corrected chi connectivity index (χ1v) is 7.86. The second-order valence-corrected chi connectivity index (χ2v) is 5.71. The van der Waals surface area contributed by atoms with E-state index < -0.39 is 0 Å². The Kier molecular flexibility index (Phi) is 13.3. The Bertz CT molecular complexity index is 297. The van der Waals surface area contributed by atoms with Gasteiger partial charge in [-0.25, -0.2) is 0 Å². The van der Waals surface area contributed by atoms with E-state index in [1.54, 1.807) is 7.11 Å². The summed E-state index contributed by atoms with van der Waals surface area (Å²) in [6, 6.07) is 0.598. The molecule has 1 aliphatic carbocycles. The summed E-state index contributed by atoms with van der Waals surface area (Å²) >= 11 is 0. The first-order chi connectivity index (χ1) is 10.2. The van der Waals surface area contributed by atoms with E-state index in [-0.39, 0.29) is 24.0 Å². The van der Waals surface area contributed by atoms with Gasteiger partial charge < -0.3 is 25.0 Å². The highest BCUT2D eigenvalue weighted by atomic mass is 127. The summed E-state index contributed by atoms with van der Waals surface area (Å²) in [7, 11) is 7.80. The maximum absolute atomic E-state index is 5.43. The van der Waals surface area contributed by atoms with Crippen LogP contribution in [-0.2, 0) is 9.47 Å². The van der Waals surface area contributed by atoms with E-state index in [1.807, 2.05) is 7.05 Å². The number of likely N-dealkylation sites (N-methyl/N-ethyl adjacent to an activating group) is 1. The van der Waals surface area contributed by atoms with Gasteiger partial charge in [0.05, 0.1) is 13.2 Å². The number of halogens is 1. The highest BCUT2D eigenvalue weighted by Crippen LogP contribution is 2.34. The quantitative estimate of drug-likeness (QED) is 0.224. The summed E-state index contributed by atoms with van der Waals surface area (Å²) in [6.45, 7) is 3.87. The van der Waals surface area contributed by atoms with Crippen molar-refractivity contribution < 1.29 is 9.47 Å². The van der Waals surface area contributed by atoms with Gasteiger partial charge in [-0.05, 0) is 39.3 Å². The van der Waals surface area contributed by atoms with Crippen molar-refractivity contribution in [1.82, 2.24) is 15.5 Å². The van der Waals surface area contributed by atoms with Crippen molar-refractivity contribution >= 4 is 29.9 Å². The zero-order valence-corrected chi connectivity index (χ0v) is 16.8. The molecule has 1 unspecified atom stereocenters. The lowest BCUT2D eigenvalue weighted by Gasteiger charge is -2.25. The van der Waals surface area contributed by atoms with Crippen LogP contribution < -0.4 is 10.6 Å². The summed E-state index contributed by atoms with van der Waals surface area (Å²) in [5.74, 6) is 1.72. The molecule has 1 fully saturated rings. The van der Waals surface area contributed by atoms with Crippen LogP contribution in [0, 0.1) is 5.92 Å². The van der Waals surface area contributed by atoms with Gasteiger partial charge in [0.15, 0.2) is 5.96 Å². The van der Waals surface area contributed by atoms with E-state index in [4.69, 9.17) is 9.47 Å². The second-order valence-electron chi connectivity index (χ2n) is 5.71. The van der Waals surface area contributed by atoms with Crippen LogP contribution >= 0.6 is 24.0 Å². The molecule has 132 valence electrons. The van der Waals surface area contributed by atoms with Gasteiger partial charge in [-0.3, -0.25) is 4.99 Å². The summed E-state index contributed by atoms with van der Waals surface area (Å²) < 4.78 is 10.4. The van der Waals surface area contributed by atoms with Crippen LogP contribution in [0.1, 0.15) is 19.3 Å². The van der Waals surface area contributed by atoms with E-state index in [0.717, 1.165) is 38.0 Å². The van der Waals surface area contributed by atoms with Gasteiger partial charge in [0.1, 0.15) is 0 Å². The average Bonchev–Trinajstić information content (AvgIpc) is 3.28. The number of rotatable bonds is 11. The number of hydrogen-bond acceptors (Lipinski definition) is 4. The molecule has 0 aliphatic heterocycles. The van der Waals surface area contributed by atoms with Crippen molar-refractivity contribution in [2.75, 3.05) is 61.2 Å². The van der Waals surface area contributed by atoms with Crippen LogP contribution in [0.25, 0.3) is 0 Å². The number of nitrogens with zero attached hydrogens (tertiary/aromatic N) is 2. The third-order valence-electron chi connectivity index (χ3n) is 3.72. The highest BCUT2D eigenvalue weighted by Gasteiger charge is 2.32. The van der Waals surface area contributed by atoms with E-state index >= 15 is 0 Å². The predicted molar refractivity (Wildman–Crippen MR) is 102 cm³/mol. The van der Waals surface area contributed by atoms with Crippen LogP contribution in [0.5, 0.6) is 0 Å². The van der Waals surface area contributed by atoms with Crippen LogP contribution in [0.4, 0.5) is 0 Å². The maximum atomic E-state index is 5.43. The number of guanidine groups is 1. The van der Waals surface area contributed by atoms with Crippen molar-refractivity contribution in [2.45, 2.75) is 25.3 Å². The fraction of sp³-hybridized carbons (Fsp3) is 0.933. The SMILES string of the molecule is CN=C(NCCCOCCOC)NCC(C1CC1)N(C)C.I. The molecule has 7 heteroatoms. The van der Waals surface area contributed by atoms with Crippen molar-refractivity contribution in [2.24, 2.45) is 10.9 Å². The minimum absolute atomic E-state index is 0. The Morgan fingerprint density at radius 1 is 1.23 bits per heavy atom. The third kappa shape index (κ3) is 9.81. The van der Waals surface area contributed by atoms with E-state index in [2.05, 4.69) is 34.6 Å². The summed E-state index contributed by atoms with van der Waals surface area (Å²) in [4.78, 5) is 6.57. The van der Waals surface area contributed by atoms with Crippen molar-refractivity contribution in [1.29, 1.82) is 0 Å². The van der Waals surface area contributed by atoms with Gasteiger partial charge in [-0.1, -0.05) is 0 Å². The van der Waals surface area contributed by atoms with Crippen molar-refractivity contribution in [3.05, 3.63) is 0 Å². The summed E-state index contributed by atoms with van der Waals surface area (Å²) in [5.41, 5.74) is 0. The molecule has 0 radical (unpaired) electrons. The molecule has 0 spiro atoms. The Hall–Kier alpha value is -0.120. The van der Waals surface area contributed by atoms with Crippen LogP contribution in [0.15, 0.2) is 4.99 Å². The molecule has 0 aromatic heterocycles. The molecule has 1 saturated carbocycles. The fourth-order valence-electron chi connectivity index (χ4n) is 2.30. The minimum Gasteiger partial charge on any atom is -0.382 e. The first kappa shape index (κ1) is 21.9. The number of hydrogen-bond donors (Lipinski definition) is 2. The molecule has 0 amide bonds. The molecule has 0 aromatic carbocycles. The highest BCUT2D eigenvalue weighted by molar-refractivity contribution is 14.0. The van der Waals surface area contributed by atoms with E-state index in [1.165, 1.54) is 12.8 Å². The first-order valence-electron chi connectivity index (χ1n) is 7.86. The lowest BCUT2D eigenvalue weighted by Crippen LogP contribution is -2.46.